The van der Waals surface area contributed by atoms with Gasteiger partial charge in [-0.1, -0.05) is 0 Å². The van der Waals surface area contributed by atoms with Gasteiger partial charge in [0.2, 0.25) is 5.84 Å². The number of piperazine rings is 1. The second kappa shape index (κ2) is 9.64. The maximum atomic E-state index is 11.6. The molecule has 2 amide bonds. The lowest BCUT2D eigenvalue weighted by molar-refractivity contribution is -0.428. The van der Waals surface area contributed by atoms with E-state index < -0.39 is 11.1 Å². The van der Waals surface area contributed by atoms with Crippen LogP contribution in [0.2, 0.25) is 0 Å². The van der Waals surface area contributed by atoms with E-state index in [-0.39, 0.29) is 10.6 Å². The molecule has 3 aliphatic heterocycles. The van der Waals surface area contributed by atoms with Crippen molar-refractivity contribution in [3.05, 3.63) is 59.2 Å². The molecule has 3 heterocycles. The summed E-state index contributed by atoms with van der Waals surface area (Å²) in [6.45, 7) is 8.76. The molecule has 0 radical (unpaired) electrons. The summed E-state index contributed by atoms with van der Waals surface area (Å²) in [7, 11) is 0. The number of imide groups is 1. The van der Waals surface area contributed by atoms with Crippen LogP contribution in [0.4, 0.5) is 10.5 Å². The zero-order valence-corrected chi connectivity index (χ0v) is 19.0. The van der Waals surface area contributed by atoms with Gasteiger partial charge < -0.3 is 10.3 Å². The quantitative estimate of drug-likeness (QED) is 0.453. The van der Waals surface area contributed by atoms with Crippen LogP contribution in [-0.2, 0) is 4.79 Å². The summed E-state index contributed by atoms with van der Waals surface area (Å²) in [6.07, 6.45) is 6.49. The molecular formula is C23H27N6O2S+. The van der Waals surface area contributed by atoms with Gasteiger partial charge in [-0.15, -0.1) is 0 Å². The van der Waals surface area contributed by atoms with Crippen LogP contribution in [-0.4, -0.2) is 59.8 Å². The first-order chi connectivity index (χ1) is 15.4. The zero-order valence-electron chi connectivity index (χ0n) is 18.2. The van der Waals surface area contributed by atoms with Crippen LogP contribution in [0.25, 0.3) is 5.70 Å². The fraction of sp³-hybridized carbons (Fsp3) is 0.304. The molecule has 1 aromatic rings. The SMILES string of the molecule is CC(C)N1CCN(c2ccc(C3=CN=C(/C=C\C(=N)/C=C4\SC(=O)NC4=O)[NH2+]3)cc2)CC1. The molecular weight excluding hydrogens is 424 g/mol. The fourth-order valence-corrected chi connectivity index (χ4v) is 4.45. The number of aliphatic imine (C=N–C) groups is 1. The van der Waals surface area contributed by atoms with Gasteiger partial charge in [0.15, 0.2) is 5.70 Å². The average molecular weight is 452 g/mol. The Balaban J connectivity index is 1.30. The number of nitrogens with zero attached hydrogens (tertiary/aromatic N) is 3. The van der Waals surface area contributed by atoms with Gasteiger partial charge in [-0.2, -0.15) is 4.99 Å². The highest BCUT2D eigenvalue weighted by molar-refractivity contribution is 8.18. The first-order valence-electron chi connectivity index (χ1n) is 10.6. The lowest BCUT2D eigenvalue weighted by Crippen LogP contribution is -2.83. The summed E-state index contributed by atoms with van der Waals surface area (Å²) in [5.41, 5.74) is 3.48. The molecule has 0 bridgehead atoms. The second-order valence-corrected chi connectivity index (χ2v) is 9.10. The Kier molecular flexibility index (Phi) is 6.69. The molecule has 1 aromatic carbocycles. The van der Waals surface area contributed by atoms with Crippen LogP contribution in [0, 0.1) is 5.41 Å². The minimum atomic E-state index is -0.461. The molecule has 0 saturated carbocycles. The van der Waals surface area contributed by atoms with Gasteiger partial charge in [-0.25, -0.2) is 0 Å². The van der Waals surface area contributed by atoms with Gasteiger partial charge in [-0.3, -0.25) is 25.1 Å². The lowest BCUT2D eigenvalue weighted by atomic mass is 10.1. The Morgan fingerprint density at radius 3 is 2.53 bits per heavy atom. The van der Waals surface area contributed by atoms with E-state index in [2.05, 4.69) is 58.2 Å². The molecule has 2 fully saturated rings. The van der Waals surface area contributed by atoms with Gasteiger partial charge in [0.1, 0.15) is 0 Å². The van der Waals surface area contributed by atoms with E-state index in [4.69, 9.17) is 5.41 Å². The number of carbonyl (C=O) groups is 2. The van der Waals surface area contributed by atoms with Crippen molar-refractivity contribution in [3.63, 3.8) is 0 Å². The molecule has 4 N–H and O–H groups in total. The second-order valence-electron chi connectivity index (χ2n) is 8.09. The van der Waals surface area contributed by atoms with Gasteiger partial charge >= 0.3 is 0 Å². The number of allylic oxidation sites excluding steroid dienone is 2. The van der Waals surface area contributed by atoms with Gasteiger partial charge in [-0.05, 0) is 62.0 Å². The van der Waals surface area contributed by atoms with Crippen LogP contribution < -0.4 is 15.5 Å². The molecule has 3 aliphatic rings. The fourth-order valence-electron chi connectivity index (χ4n) is 3.77. The van der Waals surface area contributed by atoms with Crippen LogP contribution in [0.3, 0.4) is 0 Å². The molecule has 9 heteroatoms. The topological polar surface area (TPSA) is 105 Å². The van der Waals surface area contributed by atoms with Gasteiger partial charge in [0, 0.05) is 49.5 Å². The maximum Gasteiger partial charge on any atom is 0.290 e. The molecule has 4 rings (SSSR count). The maximum absolute atomic E-state index is 11.6. The van der Waals surface area contributed by atoms with Crippen molar-refractivity contribution < 1.29 is 14.9 Å². The molecule has 2 saturated heterocycles. The summed E-state index contributed by atoms with van der Waals surface area (Å²) in [5.74, 6) is 0.272. The Hall–Kier alpha value is -3.01. The Labute approximate surface area is 191 Å². The minimum absolute atomic E-state index is 0.129. The number of quaternary nitrogens is 1. The number of rotatable bonds is 6. The van der Waals surface area contributed by atoms with Crippen molar-refractivity contribution in [2.24, 2.45) is 4.99 Å². The monoisotopic (exact) mass is 451 g/mol. The van der Waals surface area contributed by atoms with E-state index in [1.165, 1.54) is 11.8 Å². The van der Waals surface area contributed by atoms with Crippen molar-refractivity contribution >= 4 is 45.8 Å². The Morgan fingerprint density at radius 2 is 1.91 bits per heavy atom. The molecule has 0 aromatic heterocycles. The predicted molar refractivity (Wildman–Crippen MR) is 129 cm³/mol. The highest BCUT2D eigenvalue weighted by Crippen LogP contribution is 2.23. The molecule has 0 atom stereocenters. The number of benzene rings is 1. The third-order valence-corrected chi connectivity index (χ3v) is 6.44. The van der Waals surface area contributed by atoms with Crippen LogP contribution in [0.15, 0.2) is 58.6 Å². The Morgan fingerprint density at radius 1 is 1.19 bits per heavy atom. The minimum Gasteiger partial charge on any atom is -0.369 e. The summed E-state index contributed by atoms with van der Waals surface area (Å²) < 4.78 is 0. The number of nitrogens with one attached hydrogen (secondary N) is 2. The highest BCUT2D eigenvalue weighted by atomic mass is 32.2. The van der Waals surface area contributed by atoms with Crippen molar-refractivity contribution in [3.8, 4) is 0 Å². The molecule has 8 nitrogen and oxygen atoms in total. The van der Waals surface area contributed by atoms with Crippen molar-refractivity contribution in [1.29, 1.82) is 5.41 Å². The zero-order chi connectivity index (χ0) is 22.7. The van der Waals surface area contributed by atoms with Crippen LogP contribution in [0.1, 0.15) is 19.4 Å². The Bertz CT molecular complexity index is 1050. The number of nitrogens with two attached hydrogens (primary N) is 1. The van der Waals surface area contributed by atoms with E-state index in [9.17, 15) is 9.59 Å². The summed E-state index contributed by atoms with van der Waals surface area (Å²) in [4.78, 5) is 32.3. The molecule has 32 heavy (non-hydrogen) atoms. The summed E-state index contributed by atoms with van der Waals surface area (Å²) >= 11 is 0.803. The van der Waals surface area contributed by atoms with E-state index in [1.54, 1.807) is 12.2 Å². The third kappa shape index (κ3) is 5.24. The lowest BCUT2D eigenvalue weighted by Gasteiger charge is -2.38. The normalized spacial score (nSPS) is 21.0. The number of hydrogen-bond donors (Lipinski definition) is 3. The number of anilines is 1. The number of thioether (sulfide) groups is 1. The van der Waals surface area contributed by atoms with Crippen molar-refractivity contribution in [1.82, 2.24) is 10.2 Å². The van der Waals surface area contributed by atoms with Gasteiger partial charge in [0.25, 0.3) is 11.1 Å². The molecule has 0 spiro atoms. The molecule has 0 aliphatic carbocycles. The molecule has 0 unspecified atom stereocenters. The first kappa shape index (κ1) is 22.2. The summed E-state index contributed by atoms with van der Waals surface area (Å²) in [5, 5.41) is 11.7. The van der Waals surface area contributed by atoms with Crippen LogP contribution >= 0.6 is 11.8 Å². The van der Waals surface area contributed by atoms with Crippen molar-refractivity contribution in [2.45, 2.75) is 19.9 Å². The smallest absolute Gasteiger partial charge is 0.290 e. The number of hydrogen-bond acceptors (Lipinski definition) is 7. The van der Waals surface area contributed by atoms with E-state index >= 15 is 0 Å². The predicted octanol–water partition coefficient (Wildman–Crippen LogP) is 1.93. The summed E-state index contributed by atoms with van der Waals surface area (Å²) in [6, 6.07) is 9.16. The van der Waals surface area contributed by atoms with E-state index in [0.29, 0.717) is 6.04 Å². The number of amidine groups is 1. The highest BCUT2D eigenvalue weighted by Gasteiger charge is 2.25. The van der Waals surface area contributed by atoms with Gasteiger partial charge in [0.05, 0.1) is 16.8 Å². The number of amides is 2. The van der Waals surface area contributed by atoms with E-state index in [1.807, 2.05) is 11.5 Å². The largest absolute Gasteiger partial charge is 0.369 e. The average Bonchev–Trinajstić information content (AvgIpc) is 3.38. The molecule has 166 valence electrons. The van der Waals surface area contributed by atoms with Crippen molar-refractivity contribution in [2.75, 3.05) is 31.1 Å². The van der Waals surface area contributed by atoms with Crippen LogP contribution in [0.5, 0.6) is 0 Å². The first-order valence-corrected chi connectivity index (χ1v) is 11.4. The third-order valence-electron chi connectivity index (χ3n) is 5.63. The number of carbonyl (C=O) groups excluding carboxylic acids is 2. The van der Waals surface area contributed by atoms with E-state index in [0.717, 1.165) is 55.0 Å². The standard InChI is InChI=1S/C23H26N6O2S/c1-15(2)28-9-11-29(12-10-28)18-6-3-16(4-7-18)19-14-25-21(26-19)8-5-17(24)13-20-22(30)27-23(31)32-20/h3-8,13-15,24H,9-12H2,1-2H3,(H,25,26)(H,27,30,31)/p+1/b8-5-,20-13-,24-17?.